The van der Waals surface area contributed by atoms with Gasteiger partial charge >= 0.3 is 6.18 Å². The van der Waals surface area contributed by atoms with Crippen molar-refractivity contribution in [1.29, 1.82) is 0 Å². The molecule has 1 N–H and O–H groups in total. The van der Waals surface area contributed by atoms with Crippen LogP contribution in [0.1, 0.15) is 48.2 Å². The molecule has 0 spiro atoms. The van der Waals surface area contributed by atoms with E-state index in [1.165, 1.54) is 4.90 Å². The van der Waals surface area contributed by atoms with Crippen molar-refractivity contribution < 1.29 is 22.7 Å². The summed E-state index contributed by atoms with van der Waals surface area (Å²) in [5.74, 6) is -0.0997. The maximum absolute atomic E-state index is 13.5. The first-order valence-electron chi connectivity index (χ1n) is 8.96. The number of amides is 1. The average molecular weight is 370 g/mol. The van der Waals surface area contributed by atoms with Crippen molar-refractivity contribution in [2.24, 2.45) is 5.92 Å². The highest BCUT2D eigenvalue weighted by Crippen LogP contribution is 2.49. The molecule has 1 saturated heterocycles. The molecule has 1 aliphatic heterocycles. The maximum atomic E-state index is 13.5. The normalized spacial score (nSPS) is 28.4. The van der Waals surface area contributed by atoms with Gasteiger partial charge in [-0.2, -0.15) is 13.2 Å². The highest BCUT2D eigenvalue weighted by molar-refractivity contribution is 5.95. The molecule has 26 heavy (non-hydrogen) atoms. The number of alkyl halides is 3. The van der Waals surface area contributed by atoms with Crippen LogP contribution in [0.3, 0.4) is 0 Å². The second-order valence-electron chi connectivity index (χ2n) is 7.41. The van der Waals surface area contributed by atoms with Gasteiger partial charge in [0, 0.05) is 24.8 Å². The van der Waals surface area contributed by atoms with Crippen LogP contribution >= 0.6 is 0 Å². The van der Waals surface area contributed by atoms with Gasteiger partial charge in [0.25, 0.3) is 5.91 Å². The molecule has 142 valence electrons. The quantitative estimate of drug-likeness (QED) is 0.886. The van der Waals surface area contributed by atoms with Crippen LogP contribution in [0.15, 0.2) is 6.20 Å². The number of hydrogen-bond donors (Lipinski definition) is 1. The fraction of sp³-hybridized carbons (Fsp3) is 0.706. The van der Waals surface area contributed by atoms with Crippen molar-refractivity contribution in [3.63, 3.8) is 0 Å². The van der Waals surface area contributed by atoms with Gasteiger partial charge in [0.15, 0.2) is 5.69 Å². The van der Waals surface area contributed by atoms with Crippen LogP contribution in [0.25, 0.3) is 0 Å². The number of ether oxygens (including phenoxy) is 1. The lowest BCUT2D eigenvalue weighted by molar-refractivity contribution is -0.141. The van der Waals surface area contributed by atoms with Crippen molar-refractivity contribution in [1.82, 2.24) is 14.9 Å². The van der Waals surface area contributed by atoms with E-state index < -0.39 is 23.3 Å². The summed E-state index contributed by atoms with van der Waals surface area (Å²) in [5.41, 5.74) is -1.86. The van der Waals surface area contributed by atoms with Gasteiger partial charge in [0.1, 0.15) is 0 Å². The van der Waals surface area contributed by atoms with E-state index in [-0.39, 0.29) is 24.6 Å². The molecular weight excluding hydrogens is 349 g/mol. The third-order valence-corrected chi connectivity index (χ3v) is 5.70. The number of aromatic nitrogens is 2. The fourth-order valence-corrected chi connectivity index (χ4v) is 4.36. The molecule has 1 amide bonds. The van der Waals surface area contributed by atoms with E-state index in [9.17, 15) is 18.0 Å². The summed E-state index contributed by atoms with van der Waals surface area (Å²) in [6.45, 7) is 1.16. The number of fused-ring (bicyclic) bond motifs is 2. The summed E-state index contributed by atoms with van der Waals surface area (Å²) in [4.78, 5) is 21.6. The summed E-state index contributed by atoms with van der Waals surface area (Å²) in [6.07, 6.45) is 1.27. The van der Waals surface area contributed by atoms with E-state index in [2.05, 4.69) is 15.3 Å². The number of nitrogens with zero attached hydrogens (tertiary/aromatic N) is 3. The molecule has 0 atom stereocenters. The lowest BCUT2D eigenvalue weighted by atomic mass is 9.94. The Kier molecular flexibility index (Phi) is 4.29. The first kappa shape index (κ1) is 17.5. The number of hydrogen-bond acceptors (Lipinski definition) is 5. The number of morpholine rings is 1. The van der Waals surface area contributed by atoms with Crippen LogP contribution < -0.4 is 5.32 Å². The summed E-state index contributed by atoms with van der Waals surface area (Å²) in [6, 6.07) is 0. The Hall–Kier alpha value is -1.90. The van der Waals surface area contributed by atoms with E-state index in [0.29, 0.717) is 19.1 Å². The van der Waals surface area contributed by atoms with Crippen LogP contribution in [0.4, 0.5) is 19.1 Å². The van der Waals surface area contributed by atoms with Gasteiger partial charge in [-0.15, -0.1) is 0 Å². The molecule has 2 heterocycles. The van der Waals surface area contributed by atoms with Crippen LogP contribution in [0.2, 0.25) is 0 Å². The highest BCUT2D eigenvalue weighted by Gasteiger charge is 2.46. The zero-order valence-electron chi connectivity index (χ0n) is 14.3. The SMILES string of the molecule is O=C(c1cnc(NC23CCC(CC2)C3)nc1C(F)(F)F)N1CCOCC1. The Morgan fingerprint density at radius 2 is 1.96 bits per heavy atom. The standard InChI is InChI=1S/C17H21F3N4O2/c18-17(19,20)13-12(14(25)24-5-7-26-8-6-24)10-21-15(22-13)23-16-3-1-11(9-16)2-4-16/h10-11H,1-9H2,(H,21,22,23). The first-order chi connectivity index (χ1) is 12.4. The zero-order chi connectivity index (χ0) is 18.4. The third-order valence-electron chi connectivity index (χ3n) is 5.70. The van der Waals surface area contributed by atoms with Gasteiger partial charge < -0.3 is 15.0 Å². The van der Waals surface area contributed by atoms with E-state index in [1.807, 2.05) is 0 Å². The number of nitrogens with one attached hydrogen (secondary N) is 1. The minimum atomic E-state index is -4.72. The van der Waals surface area contributed by atoms with Crippen molar-refractivity contribution in [3.8, 4) is 0 Å². The molecule has 1 aromatic heterocycles. The molecule has 9 heteroatoms. The maximum Gasteiger partial charge on any atom is 0.434 e. The minimum Gasteiger partial charge on any atom is -0.378 e. The zero-order valence-corrected chi connectivity index (χ0v) is 14.3. The smallest absolute Gasteiger partial charge is 0.378 e. The van der Waals surface area contributed by atoms with Crippen LogP contribution in [0, 0.1) is 5.92 Å². The largest absolute Gasteiger partial charge is 0.434 e. The lowest BCUT2D eigenvalue weighted by Crippen LogP contribution is -2.41. The first-order valence-corrected chi connectivity index (χ1v) is 8.96. The fourth-order valence-electron chi connectivity index (χ4n) is 4.36. The number of carbonyl (C=O) groups is 1. The van der Waals surface area contributed by atoms with Crippen molar-refractivity contribution in [2.75, 3.05) is 31.6 Å². The summed E-state index contributed by atoms with van der Waals surface area (Å²) >= 11 is 0. The van der Waals surface area contributed by atoms with Gasteiger partial charge in [0.2, 0.25) is 5.95 Å². The molecule has 2 saturated carbocycles. The monoisotopic (exact) mass is 370 g/mol. The number of carbonyl (C=O) groups excluding carboxylic acids is 1. The Balaban J connectivity index is 1.61. The lowest BCUT2D eigenvalue weighted by Gasteiger charge is -2.29. The number of rotatable bonds is 3. The molecule has 6 nitrogen and oxygen atoms in total. The molecule has 3 aliphatic rings. The third kappa shape index (κ3) is 3.24. The number of halogens is 3. The summed E-state index contributed by atoms with van der Waals surface area (Å²) in [7, 11) is 0. The molecule has 1 aromatic rings. The number of anilines is 1. The summed E-state index contributed by atoms with van der Waals surface area (Å²) < 4.78 is 45.8. The molecule has 4 rings (SSSR count). The van der Waals surface area contributed by atoms with Crippen LogP contribution in [-0.2, 0) is 10.9 Å². The Morgan fingerprint density at radius 3 is 2.54 bits per heavy atom. The van der Waals surface area contributed by atoms with Crippen molar-refractivity contribution >= 4 is 11.9 Å². The van der Waals surface area contributed by atoms with Crippen molar-refractivity contribution in [3.05, 3.63) is 17.5 Å². The molecule has 2 aliphatic carbocycles. The molecule has 3 fully saturated rings. The van der Waals surface area contributed by atoms with Crippen molar-refractivity contribution in [2.45, 2.75) is 43.8 Å². The molecule has 0 unspecified atom stereocenters. The van der Waals surface area contributed by atoms with Gasteiger partial charge in [-0.25, -0.2) is 9.97 Å². The predicted octanol–water partition coefficient (Wildman–Crippen LogP) is 2.71. The van der Waals surface area contributed by atoms with E-state index >= 15 is 0 Å². The van der Waals surface area contributed by atoms with E-state index in [1.54, 1.807) is 0 Å². The molecular formula is C17H21F3N4O2. The minimum absolute atomic E-state index is 0.0431. The molecule has 0 radical (unpaired) electrons. The average Bonchev–Trinajstić information content (AvgIpc) is 3.21. The van der Waals surface area contributed by atoms with E-state index in [0.717, 1.165) is 38.3 Å². The van der Waals surface area contributed by atoms with Crippen LogP contribution in [-0.4, -0.2) is 52.6 Å². The molecule has 2 bridgehead atoms. The second kappa shape index (κ2) is 6.37. The Morgan fingerprint density at radius 1 is 1.27 bits per heavy atom. The topological polar surface area (TPSA) is 67.4 Å². The molecule has 0 aromatic carbocycles. The van der Waals surface area contributed by atoms with Gasteiger partial charge in [-0.3, -0.25) is 4.79 Å². The predicted molar refractivity (Wildman–Crippen MR) is 86.7 cm³/mol. The highest BCUT2D eigenvalue weighted by atomic mass is 19.4. The Labute approximate surface area is 149 Å². The van der Waals surface area contributed by atoms with Gasteiger partial charge in [0.05, 0.1) is 18.8 Å². The van der Waals surface area contributed by atoms with Gasteiger partial charge in [-0.05, 0) is 38.0 Å². The van der Waals surface area contributed by atoms with Gasteiger partial charge in [-0.1, -0.05) is 0 Å². The summed E-state index contributed by atoms with van der Waals surface area (Å²) in [5, 5.41) is 3.14. The Bertz CT molecular complexity index is 696. The second-order valence-corrected chi connectivity index (χ2v) is 7.41. The van der Waals surface area contributed by atoms with E-state index in [4.69, 9.17) is 4.74 Å². The van der Waals surface area contributed by atoms with Crippen LogP contribution in [0.5, 0.6) is 0 Å².